The molecule has 0 aliphatic carbocycles. The Morgan fingerprint density at radius 2 is 1.30 bits per heavy atom. The summed E-state index contributed by atoms with van der Waals surface area (Å²) in [5.74, 6) is -1.10. The van der Waals surface area contributed by atoms with Crippen molar-refractivity contribution in [3.8, 4) is 17.2 Å². The highest BCUT2D eigenvalue weighted by Crippen LogP contribution is 2.26. The summed E-state index contributed by atoms with van der Waals surface area (Å²) < 4.78 is 16.4. The summed E-state index contributed by atoms with van der Waals surface area (Å²) in [4.78, 5) is 37.5. The number of aryl methyl sites for hydroxylation is 1. The van der Waals surface area contributed by atoms with Crippen molar-refractivity contribution >= 4 is 47.3 Å². The highest BCUT2D eigenvalue weighted by atomic mass is 35.5. The van der Waals surface area contributed by atoms with Crippen LogP contribution >= 0.6 is 23.2 Å². The van der Waals surface area contributed by atoms with Crippen LogP contribution in [0.25, 0.3) is 0 Å². The summed E-state index contributed by atoms with van der Waals surface area (Å²) in [5.41, 5.74) is 4.28. The predicted octanol–water partition coefficient (Wildman–Crippen LogP) is 6.27. The Morgan fingerprint density at radius 1 is 0.750 bits per heavy atom. The van der Waals surface area contributed by atoms with E-state index >= 15 is 0 Å². The minimum absolute atomic E-state index is 0.0373. The molecule has 0 unspecified atom stereocenters. The molecular weight excluding hydrogens is 555 g/mol. The van der Waals surface area contributed by atoms with Gasteiger partial charge >= 0.3 is 11.9 Å². The number of nitrogens with zero attached hydrogens (tertiary/aromatic N) is 1. The van der Waals surface area contributed by atoms with Gasteiger partial charge in [-0.15, -0.1) is 0 Å². The summed E-state index contributed by atoms with van der Waals surface area (Å²) in [6.07, 6.45) is 1.29. The molecule has 0 fully saturated rings. The van der Waals surface area contributed by atoms with E-state index in [0.29, 0.717) is 21.4 Å². The van der Waals surface area contributed by atoms with Gasteiger partial charge in [-0.25, -0.2) is 15.0 Å². The lowest BCUT2D eigenvalue weighted by molar-refractivity contribution is -0.123. The molecule has 0 aliphatic heterocycles. The van der Waals surface area contributed by atoms with Gasteiger partial charge in [-0.1, -0.05) is 40.9 Å². The minimum Gasteiger partial charge on any atom is -0.484 e. The number of carbonyl (C=O) groups excluding carboxylic acids is 3. The maximum Gasteiger partial charge on any atom is 0.343 e. The van der Waals surface area contributed by atoms with Crippen LogP contribution in [0, 0.1) is 6.92 Å². The van der Waals surface area contributed by atoms with Crippen molar-refractivity contribution in [2.75, 3.05) is 6.61 Å². The number of amides is 1. The first-order chi connectivity index (χ1) is 19.3. The zero-order valence-electron chi connectivity index (χ0n) is 21.1. The number of nitrogens with one attached hydrogen (secondary N) is 1. The fraction of sp³-hybridized carbons (Fsp3) is 0.0667. The van der Waals surface area contributed by atoms with E-state index in [1.165, 1.54) is 48.7 Å². The Labute approximate surface area is 240 Å². The van der Waals surface area contributed by atoms with Gasteiger partial charge in [0.2, 0.25) is 0 Å². The number of hydrazone groups is 1. The number of hydrogen-bond donors (Lipinski definition) is 1. The van der Waals surface area contributed by atoms with Crippen molar-refractivity contribution in [3.05, 3.63) is 123 Å². The smallest absolute Gasteiger partial charge is 0.343 e. The van der Waals surface area contributed by atoms with E-state index < -0.39 is 17.8 Å². The van der Waals surface area contributed by atoms with Crippen LogP contribution in [-0.2, 0) is 4.79 Å². The third kappa shape index (κ3) is 8.17. The van der Waals surface area contributed by atoms with Crippen LogP contribution in [0.5, 0.6) is 17.2 Å². The first kappa shape index (κ1) is 28.4. The van der Waals surface area contributed by atoms with Gasteiger partial charge in [-0.2, -0.15) is 5.10 Å². The van der Waals surface area contributed by atoms with E-state index in [-0.39, 0.29) is 29.2 Å². The maximum absolute atomic E-state index is 12.8. The van der Waals surface area contributed by atoms with Crippen LogP contribution < -0.4 is 19.6 Å². The second-order valence-corrected chi connectivity index (χ2v) is 9.26. The van der Waals surface area contributed by atoms with E-state index in [2.05, 4.69) is 10.5 Å². The molecule has 4 aromatic rings. The Morgan fingerprint density at radius 3 is 1.90 bits per heavy atom. The number of hydrogen-bond acceptors (Lipinski definition) is 7. The van der Waals surface area contributed by atoms with Crippen molar-refractivity contribution in [1.29, 1.82) is 0 Å². The Balaban J connectivity index is 1.48. The number of carbonyl (C=O) groups is 3. The maximum atomic E-state index is 12.8. The van der Waals surface area contributed by atoms with E-state index in [1.54, 1.807) is 36.4 Å². The van der Waals surface area contributed by atoms with Crippen LogP contribution in [0.3, 0.4) is 0 Å². The second kappa shape index (κ2) is 13.4. The third-order valence-electron chi connectivity index (χ3n) is 5.34. The molecule has 0 saturated carbocycles. The lowest BCUT2D eigenvalue weighted by Crippen LogP contribution is -2.24. The highest BCUT2D eigenvalue weighted by Gasteiger charge is 2.15. The molecule has 1 amide bonds. The van der Waals surface area contributed by atoms with Crippen LogP contribution in [-0.4, -0.2) is 30.7 Å². The lowest BCUT2D eigenvalue weighted by Gasteiger charge is -2.11. The van der Waals surface area contributed by atoms with E-state index in [0.717, 1.165) is 5.56 Å². The Kier molecular flexibility index (Phi) is 9.51. The molecule has 0 aromatic heterocycles. The van der Waals surface area contributed by atoms with Crippen molar-refractivity contribution in [2.24, 2.45) is 5.10 Å². The van der Waals surface area contributed by atoms with Crippen molar-refractivity contribution in [3.63, 3.8) is 0 Å². The fourth-order valence-electron chi connectivity index (χ4n) is 3.26. The zero-order valence-corrected chi connectivity index (χ0v) is 22.6. The van der Waals surface area contributed by atoms with Gasteiger partial charge in [0.25, 0.3) is 5.91 Å². The van der Waals surface area contributed by atoms with E-state index in [4.69, 9.17) is 37.4 Å². The number of halogens is 2. The molecule has 10 heteroatoms. The average molecular weight is 577 g/mol. The van der Waals surface area contributed by atoms with Crippen molar-refractivity contribution < 1.29 is 28.6 Å². The molecule has 202 valence electrons. The molecule has 0 heterocycles. The number of rotatable bonds is 9. The van der Waals surface area contributed by atoms with Gasteiger partial charge in [-0.3, -0.25) is 4.79 Å². The van der Waals surface area contributed by atoms with E-state index in [1.807, 2.05) is 19.1 Å². The zero-order chi connectivity index (χ0) is 28.5. The van der Waals surface area contributed by atoms with Crippen LogP contribution in [0.2, 0.25) is 10.0 Å². The molecule has 1 N–H and O–H groups in total. The number of benzene rings is 4. The molecule has 4 aromatic carbocycles. The quantitative estimate of drug-likeness (QED) is 0.109. The largest absolute Gasteiger partial charge is 0.484 e. The highest BCUT2D eigenvalue weighted by molar-refractivity contribution is 6.31. The summed E-state index contributed by atoms with van der Waals surface area (Å²) in [7, 11) is 0. The lowest BCUT2D eigenvalue weighted by atomic mass is 10.2. The van der Waals surface area contributed by atoms with Gasteiger partial charge in [0.05, 0.1) is 17.3 Å². The molecule has 0 atom stereocenters. The van der Waals surface area contributed by atoms with Gasteiger partial charge < -0.3 is 14.2 Å². The molecule has 4 rings (SSSR count). The summed E-state index contributed by atoms with van der Waals surface area (Å²) >= 11 is 11.8. The topological polar surface area (TPSA) is 103 Å². The first-order valence-corrected chi connectivity index (χ1v) is 12.6. The van der Waals surface area contributed by atoms with Crippen molar-refractivity contribution in [2.45, 2.75) is 6.92 Å². The fourth-order valence-corrected chi connectivity index (χ4v) is 3.51. The molecular formula is C30H22Cl2N2O6. The molecule has 0 spiro atoms. The molecule has 0 bridgehead atoms. The Bertz CT molecular complexity index is 1540. The van der Waals surface area contributed by atoms with Gasteiger partial charge in [-0.05, 0) is 79.7 Å². The average Bonchev–Trinajstić information content (AvgIpc) is 2.94. The predicted molar refractivity (Wildman–Crippen MR) is 152 cm³/mol. The number of ether oxygens (including phenoxy) is 3. The van der Waals surface area contributed by atoms with Gasteiger partial charge in [0.1, 0.15) is 17.2 Å². The first-order valence-electron chi connectivity index (χ1n) is 11.9. The Hall–Kier alpha value is -4.66. The molecule has 8 nitrogen and oxygen atoms in total. The van der Waals surface area contributed by atoms with Gasteiger partial charge in [0, 0.05) is 21.7 Å². The van der Waals surface area contributed by atoms with Gasteiger partial charge in [0.15, 0.2) is 6.61 Å². The van der Waals surface area contributed by atoms with Crippen LogP contribution in [0.1, 0.15) is 31.8 Å². The van der Waals surface area contributed by atoms with Crippen LogP contribution in [0.4, 0.5) is 0 Å². The van der Waals surface area contributed by atoms with E-state index in [9.17, 15) is 14.4 Å². The molecule has 0 aliphatic rings. The summed E-state index contributed by atoms with van der Waals surface area (Å²) in [6, 6.07) is 24.0. The SMILES string of the molecule is Cc1ccc(OCC(=O)N/N=C\c2ccc(OC(=O)c3ccc(Cl)cc3)cc2OC(=O)c2ccc(Cl)cc2)cc1. The second-order valence-electron chi connectivity index (χ2n) is 8.39. The molecule has 40 heavy (non-hydrogen) atoms. The minimum atomic E-state index is -0.678. The molecule has 0 saturated heterocycles. The monoisotopic (exact) mass is 576 g/mol. The summed E-state index contributed by atoms with van der Waals surface area (Å²) in [6.45, 7) is 1.70. The van der Waals surface area contributed by atoms with Crippen molar-refractivity contribution in [1.82, 2.24) is 5.43 Å². The summed E-state index contributed by atoms with van der Waals surface area (Å²) in [5, 5.41) is 4.87. The normalized spacial score (nSPS) is 10.7. The standard InChI is InChI=1S/C30H22Cl2N2O6/c1-19-2-13-25(14-3-19)38-18-28(35)34-33-17-22-8-15-26(39-29(36)20-4-9-23(31)10-5-20)16-27(22)40-30(37)21-6-11-24(32)12-7-21/h2-17H,18H2,1H3,(H,34,35)/b33-17-. The molecule has 0 radical (unpaired) electrons. The van der Waals surface area contributed by atoms with Crippen LogP contribution in [0.15, 0.2) is 96.1 Å². The third-order valence-corrected chi connectivity index (χ3v) is 5.85. The number of esters is 2.